The molecule has 0 fully saturated rings. The Morgan fingerprint density at radius 2 is 1.93 bits per heavy atom. The Balaban J connectivity index is 4.26. The van der Waals surface area contributed by atoms with E-state index >= 15 is 0 Å². The average Bonchev–Trinajstić information content (AvgIpc) is 2.22. The molecule has 0 saturated carbocycles. The number of carbonyl (C=O) groups excluding carboxylic acids is 1. The summed E-state index contributed by atoms with van der Waals surface area (Å²) < 4.78 is 0. The van der Waals surface area contributed by atoms with E-state index in [4.69, 9.17) is 5.11 Å². The van der Waals surface area contributed by atoms with E-state index in [9.17, 15) is 4.79 Å². The van der Waals surface area contributed by atoms with Crippen molar-refractivity contribution in [1.82, 2.24) is 9.80 Å². The Morgan fingerprint density at radius 1 is 1.33 bits per heavy atom. The fourth-order valence-electron chi connectivity index (χ4n) is 1.52. The second kappa shape index (κ2) is 7.65. The quantitative estimate of drug-likeness (QED) is 0.676. The highest BCUT2D eigenvalue weighted by molar-refractivity contribution is 5.80. The molecule has 0 bridgehead atoms. The van der Waals surface area contributed by atoms with Gasteiger partial charge in [-0.1, -0.05) is 13.3 Å². The van der Waals surface area contributed by atoms with Crippen LogP contribution < -0.4 is 0 Å². The lowest BCUT2D eigenvalue weighted by molar-refractivity contribution is -0.134. The summed E-state index contributed by atoms with van der Waals surface area (Å²) in [7, 11) is 3.52. The Kier molecular flexibility index (Phi) is 7.34. The van der Waals surface area contributed by atoms with Gasteiger partial charge in [0.25, 0.3) is 0 Å². The first-order chi connectivity index (χ1) is 7.04. The smallest absolute Gasteiger partial charge is 0.239 e. The molecule has 0 aliphatic rings. The number of aliphatic hydroxyl groups excluding tert-OH is 1. The molecule has 0 radical (unpaired) electrons. The van der Waals surface area contributed by atoms with E-state index in [0.29, 0.717) is 6.54 Å². The molecule has 0 saturated heterocycles. The molecule has 1 N–H and O–H groups in total. The molecule has 1 unspecified atom stereocenters. The van der Waals surface area contributed by atoms with E-state index in [1.807, 2.05) is 11.8 Å². The minimum Gasteiger partial charge on any atom is -0.395 e. The molecule has 0 spiro atoms. The zero-order valence-corrected chi connectivity index (χ0v) is 10.4. The number of likely N-dealkylation sites (N-methyl/N-ethyl adjacent to an activating group) is 1. The van der Waals surface area contributed by atoms with Crippen molar-refractivity contribution in [2.75, 3.05) is 33.8 Å². The molecule has 90 valence electrons. The predicted molar refractivity (Wildman–Crippen MR) is 61.7 cm³/mol. The van der Waals surface area contributed by atoms with Crippen molar-refractivity contribution in [2.24, 2.45) is 0 Å². The van der Waals surface area contributed by atoms with Gasteiger partial charge < -0.3 is 10.0 Å². The molecule has 0 rings (SSSR count). The van der Waals surface area contributed by atoms with Gasteiger partial charge in [-0.05, 0) is 19.9 Å². The fourth-order valence-corrected chi connectivity index (χ4v) is 1.52. The van der Waals surface area contributed by atoms with Gasteiger partial charge in [-0.15, -0.1) is 0 Å². The van der Waals surface area contributed by atoms with Gasteiger partial charge in [0.2, 0.25) is 5.91 Å². The SMILES string of the molecule is CCCCN(CCO)C(C)C(=O)N(C)C. The van der Waals surface area contributed by atoms with Gasteiger partial charge in [0, 0.05) is 20.6 Å². The molecule has 0 aromatic heterocycles. The van der Waals surface area contributed by atoms with Gasteiger partial charge in [0.05, 0.1) is 12.6 Å². The summed E-state index contributed by atoms with van der Waals surface area (Å²) in [4.78, 5) is 15.4. The van der Waals surface area contributed by atoms with Gasteiger partial charge in [-0.3, -0.25) is 9.69 Å². The second-order valence-corrected chi connectivity index (χ2v) is 4.02. The number of unbranched alkanes of at least 4 members (excludes halogenated alkanes) is 1. The molecule has 0 aliphatic carbocycles. The van der Waals surface area contributed by atoms with E-state index in [1.54, 1.807) is 19.0 Å². The molecular weight excluding hydrogens is 192 g/mol. The summed E-state index contributed by atoms with van der Waals surface area (Å²) in [6, 6.07) is -0.140. The summed E-state index contributed by atoms with van der Waals surface area (Å²) in [5, 5.41) is 8.94. The van der Waals surface area contributed by atoms with Crippen molar-refractivity contribution in [3.63, 3.8) is 0 Å². The van der Waals surface area contributed by atoms with Gasteiger partial charge in [0.15, 0.2) is 0 Å². The van der Waals surface area contributed by atoms with Crippen molar-refractivity contribution in [3.8, 4) is 0 Å². The van der Waals surface area contributed by atoms with Crippen LogP contribution in [0.25, 0.3) is 0 Å². The third-order valence-corrected chi connectivity index (χ3v) is 2.53. The molecule has 0 aromatic rings. The highest BCUT2D eigenvalue weighted by Crippen LogP contribution is 2.04. The van der Waals surface area contributed by atoms with Gasteiger partial charge in [-0.25, -0.2) is 0 Å². The summed E-state index contributed by atoms with van der Waals surface area (Å²) >= 11 is 0. The first kappa shape index (κ1) is 14.4. The van der Waals surface area contributed by atoms with Crippen LogP contribution in [-0.2, 0) is 4.79 Å². The van der Waals surface area contributed by atoms with Crippen LogP contribution in [0, 0.1) is 0 Å². The van der Waals surface area contributed by atoms with Gasteiger partial charge in [0.1, 0.15) is 0 Å². The normalized spacial score (nSPS) is 12.9. The molecule has 0 heterocycles. The van der Waals surface area contributed by atoms with Crippen molar-refractivity contribution >= 4 is 5.91 Å². The predicted octanol–water partition coefficient (Wildman–Crippen LogP) is 0.558. The molecule has 4 heteroatoms. The van der Waals surface area contributed by atoms with Crippen LogP contribution in [0.4, 0.5) is 0 Å². The van der Waals surface area contributed by atoms with Crippen LogP contribution in [0.15, 0.2) is 0 Å². The summed E-state index contributed by atoms with van der Waals surface area (Å²) in [5.74, 6) is 0.0968. The number of hydrogen-bond acceptors (Lipinski definition) is 3. The highest BCUT2D eigenvalue weighted by atomic mass is 16.3. The molecule has 4 nitrogen and oxygen atoms in total. The van der Waals surface area contributed by atoms with E-state index in [0.717, 1.165) is 19.4 Å². The van der Waals surface area contributed by atoms with Crippen molar-refractivity contribution < 1.29 is 9.90 Å². The molecule has 1 atom stereocenters. The molecule has 1 amide bonds. The van der Waals surface area contributed by atoms with Crippen LogP contribution in [0.5, 0.6) is 0 Å². The number of rotatable bonds is 7. The summed E-state index contributed by atoms with van der Waals surface area (Å²) in [5.41, 5.74) is 0. The summed E-state index contributed by atoms with van der Waals surface area (Å²) in [6.07, 6.45) is 2.16. The van der Waals surface area contributed by atoms with Crippen molar-refractivity contribution in [1.29, 1.82) is 0 Å². The molecule has 0 aromatic carbocycles. The number of amides is 1. The number of hydrogen-bond donors (Lipinski definition) is 1. The lowest BCUT2D eigenvalue weighted by Gasteiger charge is -2.29. The van der Waals surface area contributed by atoms with Crippen molar-refractivity contribution in [3.05, 3.63) is 0 Å². The minimum atomic E-state index is -0.140. The average molecular weight is 216 g/mol. The fraction of sp³-hybridized carbons (Fsp3) is 0.909. The van der Waals surface area contributed by atoms with Gasteiger partial charge >= 0.3 is 0 Å². The first-order valence-corrected chi connectivity index (χ1v) is 5.60. The standard InChI is InChI=1S/C11H24N2O2/c1-5-6-7-13(8-9-14)10(2)11(15)12(3)4/h10,14H,5-9H2,1-4H3. The highest BCUT2D eigenvalue weighted by Gasteiger charge is 2.21. The number of nitrogens with zero attached hydrogens (tertiary/aromatic N) is 2. The Hall–Kier alpha value is -0.610. The molecule has 0 aliphatic heterocycles. The lowest BCUT2D eigenvalue weighted by atomic mass is 10.2. The third-order valence-electron chi connectivity index (χ3n) is 2.53. The third kappa shape index (κ3) is 5.14. The summed E-state index contributed by atoms with van der Waals surface area (Å²) in [6.45, 7) is 5.57. The number of aliphatic hydroxyl groups is 1. The van der Waals surface area contributed by atoms with E-state index in [1.165, 1.54) is 0 Å². The van der Waals surface area contributed by atoms with Crippen LogP contribution >= 0.6 is 0 Å². The van der Waals surface area contributed by atoms with E-state index in [-0.39, 0.29) is 18.6 Å². The van der Waals surface area contributed by atoms with Crippen LogP contribution in [0.1, 0.15) is 26.7 Å². The van der Waals surface area contributed by atoms with Crippen molar-refractivity contribution in [2.45, 2.75) is 32.7 Å². The van der Waals surface area contributed by atoms with Crippen LogP contribution in [0.3, 0.4) is 0 Å². The lowest BCUT2D eigenvalue weighted by Crippen LogP contribution is -2.46. The van der Waals surface area contributed by atoms with Crippen LogP contribution in [0.2, 0.25) is 0 Å². The maximum atomic E-state index is 11.7. The van der Waals surface area contributed by atoms with Gasteiger partial charge in [-0.2, -0.15) is 0 Å². The minimum absolute atomic E-state index is 0.0968. The Bertz CT molecular complexity index is 183. The topological polar surface area (TPSA) is 43.8 Å². The monoisotopic (exact) mass is 216 g/mol. The maximum absolute atomic E-state index is 11.7. The van der Waals surface area contributed by atoms with E-state index < -0.39 is 0 Å². The van der Waals surface area contributed by atoms with Crippen LogP contribution in [-0.4, -0.2) is 60.6 Å². The van der Waals surface area contributed by atoms with E-state index in [2.05, 4.69) is 6.92 Å². The Labute approximate surface area is 92.9 Å². The second-order valence-electron chi connectivity index (χ2n) is 4.02. The first-order valence-electron chi connectivity index (χ1n) is 5.60. The zero-order chi connectivity index (χ0) is 11.8. The number of carbonyl (C=O) groups is 1. The molecular formula is C11H24N2O2. The Morgan fingerprint density at radius 3 is 2.33 bits per heavy atom. The maximum Gasteiger partial charge on any atom is 0.239 e. The largest absolute Gasteiger partial charge is 0.395 e. The molecule has 15 heavy (non-hydrogen) atoms. The zero-order valence-electron chi connectivity index (χ0n) is 10.4.